The minimum Gasteiger partial charge on any atom is -0.493 e. The molecular formula is C22H21F2N3O5. The van der Waals surface area contributed by atoms with Crippen molar-refractivity contribution in [2.45, 2.75) is 26.2 Å². The molecule has 3 rings (SSSR count). The lowest BCUT2D eigenvalue weighted by molar-refractivity contribution is -0.431. The monoisotopic (exact) mass is 445 g/mol. The summed E-state index contributed by atoms with van der Waals surface area (Å²) < 4.78 is 38.6. The van der Waals surface area contributed by atoms with E-state index < -0.39 is 39.9 Å². The van der Waals surface area contributed by atoms with Gasteiger partial charge in [0, 0.05) is 29.6 Å². The maximum atomic E-state index is 14.4. The summed E-state index contributed by atoms with van der Waals surface area (Å²) in [5.74, 6) is -5.16. The number of ether oxygens (including phenoxy) is 2. The largest absolute Gasteiger partial charge is 0.493 e. The topological polar surface area (TPSA) is 104 Å². The Bertz CT molecular complexity index is 1120. The standard InChI is InChI=1S/C22H21F2N3O5/c1-12-17(22(28)32-11-9-14-6-4-5-10-25-14)18(20(27(29)30)13(2)26-12)15-7-8-16(23)19(24)21(15)31-3/h4-8,10,18,26H,9,11H2,1-3H3. The van der Waals surface area contributed by atoms with E-state index in [0.29, 0.717) is 17.8 Å². The molecule has 1 atom stereocenters. The molecule has 1 aromatic carbocycles. The first-order valence-electron chi connectivity index (χ1n) is 9.68. The average Bonchev–Trinajstić information content (AvgIpc) is 2.75. The molecule has 0 saturated heterocycles. The minimum absolute atomic E-state index is 0.0231. The lowest BCUT2D eigenvalue weighted by atomic mass is 9.83. The maximum absolute atomic E-state index is 14.4. The molecule has 0 aliphatic carbocycles. The van der Waals surface area contributed by atoms with E-state index in [9.17, 15) is 23.7 Å². The molecule has 1 unspecified atom stereocenters. The molecule has 32 heavy (non-hydrogen) atoms. The van der Waals surface area contributed by atoms with Crippen molar-refractivity contribution in [2.24, 2.45) is 0 Å². The smallest absolute Gasteiger partial charge is 0.337 e. The summed E-state index contributed by atoms with van der Waals surface area (Å²) in [5.41, 5.74) is 0.620. The Kier molecular flexibility index (Phi) is 6.82. The van der Waals surface area contributed by atoms with Gasteiger partial charge in [-0.1, -0.05) is 12.1 Å². The van der Waals surface area contributed by atoms with Gasteiger partial charge in [-0.2, -0.15) is 4.39 Å². The van der Waals surface area contributed by atoms with Gasteiger partial charge < -0.3 is 14.8 Å². The van der Waals surface area contributed by atoms with Gasteiger partial charge in [0.15, 0.2) is 11.6 Å². The summed E-state index contributed by atoms with van der Waals surface area (Å²) in [6.45, 7) is 2.99. The van der Waals surface area contributed by atoms with Crippen LogP contribution in [0.2, 0.25) is 0 Å². The van der Waals surface area contributed by atoms with Crippen LogP contribution in [0.4, 0.5) is 8.78 Å². The fourth-order valence-corrected chi connectivity index (χ4v) is 3.65. The quantitative estimate of drug-likeness (QED) is 0.394. The first-order chi connectivity index (χ1) is 15.3. The van der Waals surface area contributed by atoms with Crippen molar-refractivity contribution in [3.05, 3.63) is 92.2 Å². The van der Waals surface area contributed by atoms with Gasteiger partial charge in [0.05, 0.1) is 29.9 Å². The fourth-order valence-electron chi connectivity index (χ4n) is 3.65. The number of aromatic nitrogens is 1. The van der Waals surface area contributed by atoms with Crippen LogP contribution in [-0.2, 0) is 16.0 Å². The molecule has 0 fully saturated rings. The number of nitrogens with one attached hydrogen (secondary N) is 1. The Morgan fingerprint density at radius 3 is 2.59 bits per heavy atom. The van der Waals surface area contributed by atoms with E-state index in [1.807, 2.05) is 0 Å². The van der Waals surface area contributed by atoms with E-state index in [1.165, 1.54) is 13.0 Å². The second kappa shape index (κ2) is 9.54. The number of methoxy groups -OCH3 is 1. The van der Waals surface area contributed by atoms with Crippen LogP contribution in [0.1, 0.15) is 31.0 Å². The summed E-state index contributed by atoms with van der Waals surface area (Å²) in [5, 5.41) is 14.7. The highest BCUT2D eigenvalue weighted by Gasteiger charge is 2.43. The predicted molar refractivity (Wildman–Crippen MR) is 110 cm³/mol. The number of esters is 1. The normalized spacial score (nSPS) is 16.0. The first kappa shape index (κ1) is 22.9. The Hall–Kier alpha value is -3.82. The highest BCUT2D eigenvalue weighted by molar-refractivity contribution is 5.92. The van der Waals surface area contributed by atoms with Crippen molar-refractivity contribution in [3.63, 3.8) is 0 Å². The maximum Gasteiger partial charge on any atom is 0.337 e. The average molecular weight is 445 g/mol. The molecule has 2 aromatic rings. The van der Waals surface area contributed by atoms with Crippen LogP contribution < -0.4 is 10.1 Å². The molecule has 1 aromatic heterocycles. The van der Waals surface area contributed by atoms with Gasteiger partial charge in [-0.25, -0.2) is 9.18 Å². The number of rotatable bonds is 7. The van der Waals surface area contributed by atoms with Crippen LogP contribution >= 0.6 is 0 Å². The Balaban J connectivity index is 2.01. The molecule has 0 amide bonds. The van der Waals surface area contributed by atoms with Crippen molar-refractivity contribution in [3.8, 4) is 5.75 Å². The SMILES string of the molecule is COc1c(C2C(C(=O)OCCc3ccccn3)=C(C)NC(C)=C2[N+](=O)[O-])ccc(F)c1F. The molecule has 0 spiro atoms. The fraction of sp³-hybridized carbons (Fsp3) is 0.273. The number of halogens is 2. The molecule has 1 aliphatic heterocycles. The number of allylic oxidation sites excluding steroid dienone is 3. The third-order valence-corrected chi connectivity index (χ3v) is 5.06. The highest BCUT2D eigenvalue weighted by Crippen LogP contribution is 2.43. The highest BCUT2D eigenvalue weighted by atomic mass is 19.2. The first-order valence-corrected chi connectivity index (χ1v) is 9.68. The van der Waals surface area contributed by atoms with Crippen LogP contribution in [0, 0.1) is 21.7 Å². The lowest BCUT2D eigenvalue weighted by Crippen LogP contribution is -2.32. The zero-order valence-electron chi connectivity index (χ0n) is 17.6. The van der Waals surface area contributed by atoms with Gasteiger partial charge in [0.1, 0.15) is 5.92 Å². The Morgan fingerprint density at radius 1 is 1.22 bits per heavy atom. The van der Waals surface area contributed by atoms with Crippen LogP contribution in [-0.4, -0.2) is 29.6 Å². The third kappa shape index (κ3) is 4.43. The van der Waals surface area contributed by atoms with Crippen LogP contribution in [0.25, 0.3) is 0 Å². The molecule has 168 valence electrons. The van der Waals surface area contributed by atoms with Crippen molar-refractivity contribution < 1.29 is 28.0 Å². The summed E-state index contributed by atoms with van der Waals surface area (Å²) in [4.78, 5) is 28.4. The number of carbonyl (C=O) groups excluding carboxylic acids is 1. The van der Waals surface area contributed by atoms with E-state index in [1.54, 1.807) is 31.3 Å². The zero-order valence-corrected chi connectivity index (χ0v) is 17.6. The van der Waals surface area contributed by atoms with Gasteiger partial charge in [0.2, 0.25) is 5.82 Å². The van der Waals surface area contributed by atoms with Gasteiger partial charge in [-0.3, -0.25) is 15.1 Å². The van der Waals surface area contributed by atoms with Crippen molar-refractivity contribution >= 4 is 5.97 Å². The second-order valence-electron chi connectivity index (χ2n) is 7.05. The molecule has 0 radical (unpaired) electrons. The van der Waals surface area contributed by atoms with Gasteiger partial charge in [-0.05, 0) is 32.0 Å². The van der Waals surface area contributed by atoms with E-state index in [-0.39, 0.29) is 23.4 Å². The van der Waals surface area contributed by atoms with Crippen LogP contribution in [0.3, 0.4) is 0 Å². The second-order valence-corrected chi connectivity index (χ2v) is 7.05. The molecule has 0 bridgehead atoms. The number of hydrogen-bond acceptors (Lipinski definition) is 7. The zero-order chi connectivity index (χ0) is 23.4. The van der Waals surface area contributed by atoms with Crippen molar-refractivity contribution in [1.82, 2.24) is 10.3 Å². The number of benzene rings is 1. The van der Waals surface area contributed by atoms with E-state index >= 15 is 0 Å². The lowest BCUT2D eigenvalue weighted by Gasteiger charge is -2.27. The molecule has 1 N–H and O–H groups in total. The van der Waals surface area contributed by atoms with Crippen molar-refractivity contribution in [1.29, 1.82) is 0 Å². The minimum atomic E-state index is -1.33. The molecule has 2 heterocycles. The number of hydrogen-bond donors (Lipinski definition) is 1. The summed E-state index contributed by atoms with van der Waals surface area (Å²) in [6, 6.07) is 7.32. The summed E-state index contributed by atoms with van der Waals surface area (Å²) in [6.07, 6.45) is 1.94. The molecular weight excluding hydrogens is 424 g/mol. The van der Waals surface area contributed by atoms with Crippen LogP contribution in [0.15, 0.2) is 59.2 Å². The summed E-state index contributed by atoms with van der Waals surface area (Å²) in [7, 11) is 1.12. The summed E-state index contributed by atoms with van der Waals surface area (Å²) >= 11 is 0. The van der Waals surface area contributed by atoms with Gasteiger partial charge >= 0.3 is 5.97 Å². The Morgan fingerprint density at radius 2 is 1.97 bits per heavy atom. The number of pyridine rings is 1. The molecule has 0 saturated carbocycles. The molecule has 1 aliphatic rings. The number of carbonyl (C=O) groups is 1. The third-order valence-electron chi connectivity index (χ3n) is 5.06. The van der Waals surface area contributed by atoms with Gasteiger partial charge in [0.25, 0.3) is 5.70 Å². The Labute approximate surface area is 182 Å². The number of nitrogens with zero attached hydrogens (tertiary/aromatic N) is 2. The van der Waals surface area contributed by atoms with E-state index in [2.05, 4.69) is 10.3 Å². The van der Waals surface area contributed by atoms with Crippen molar-refractivity contribution in [2.75, 3.05) is 13.7 Å². The van der Waals surface area contributed by atoms with Gasteiger partial charge in [-0.15, -0.1) is 0 Å². The van der Waals surface area contributed by atoms with E-state index in [0.717, 1.165) is 13.2 Å². The predicted octanol–water partition coefficient (Wildman–Crippen LogP) is 3.62. The van der Waals surface area contributed by atoms with Crippen LogP contribution in [0.5, 0.6) is 5.75 Å². The molecule has 8 nitrogen and oxygen atoms in total. The van der Waals surface area contributed by atoms with E-state index in [4.69, 9.17) is 9.47 Å². The number of nitro groups is 1. The molecule has 10 heteroatoms. The number of dihydropyridines is 1.